The minimum Gasteiger partial charge on any atom is -0.243 e. The summed E-state index contributed by atoms with van der Waals surface area (Å²) in [5, 5.41) is 0. The zero-order valence-electron chi connectivity index (χ0n) is 55.2. The third kappa shape index (κ3) is 11.6. The van der Waals surface area contributed by atoms with Crippen LogP contribution in [0, 0.1) is 13.8 Å². The van der Waals surface area contributed by atoms with E-state index in [2.05, 4.69) is 159 Å². The summed E-state index contributed by atoms with van der Waals surface area (Å²) < 4.78 is 92.0. The smallest absolute Gasteiger partial charge is 0.243 e. The van der Waals surface area contributed by atoms with Gasteiger partial charge in [0.1, 0.15) is 0 Å². The molecule has 0 saturated heterocycles. The van der Waals surface area contributed by atoms with Crippen LogP contribution in [0.1, 0.15) is 89.0 Å². The van der Waals surface area contributed by atoms with Crippen molar-refractivity contribution < 1.29 is 26.3 Å². The van der Waals surface area contributed by atoms with Crippen LogP contribution in [0.3, 0.4) is 0 Å². The maximum absolute atomic E-state index is 15.3. The molecule has 0 radical (unpaired) electrons. The molecule has 0 N–H and O–H groups in total. The topological polar surface area (TPSA) is 98.9 Å². The highest BCUT2D eigenvalue weighted by Gasteiger charge is 2.65. The predicted octanol–water partition coefficient (Wildman–Crippen LogP) is 20.0. The van der Waals surface area contributed by atoms with E-state index < -0.39 is 57.3 Å². The zero-order chi connectivity index (χ0) is 70.1. The molecule has 16 rings (SSSR count). The van der Waals surface area contributed by atoms with E-state index in [1.165, 1.54) is 36.4 Å². The van der Waals surface area contributed by atoms with Gasteiger partial charge in [-0.15, -0.1) is 0 Å². The highest BCUT2D eigenvalue weighted by Crippen LogP contribution is 2.59. The van der Waals surface area contributed by atoms with E-state index >= 15 is 26.3 Å². The second kappa shape index (κ2) is 26.7. The van der Waals surface area contributed by atoms with E-state index in [0.717, 1.165) is 79.5 Å². The van der Waals surface area contributed by atoms with Gasteiger partial charge >= 0.3 is 12.4 Å². The third-order valence-electron chi connectivity index (χ3n) is 18.7. The number of alkyl halides is 6. The minimum atomic E-state index is -4.97. The van der Waals surface area contributed by atoms with Crippen LogP contribution in [0.25, 0.3) is 0 Å². The highest BCUT2D eigenvalue weighted by molar-refractivity contribution is 6.57. The number of aliphatic imine (C=N–C) groups is 8. The molecule has 0 unspecified atom stereocenters. The number of halogens is 6. The molecule has 0 fully saturated rings. The Morgan fingerprint density at radius 2 is 0.333 bits per heavy atom. The van der Waals surface area contributed by atoms with Crippen LogP contribution in [0.4, 0.5) is 26.3 Å². The van der Waals surface area contributed by atoms with Crippen molar-refractivity contribution in [3.05, 3.63) is 429 Å². The molecule has 102 heavy (non-hydrogen) atoms. The summed E-state index contributed by atoms with van der Waals surface area (Å²) in [6.45, 7) is 4.27. The molecular formula is C88H62F6N8. The van der Waals surface area contributed by atoms with E-state index in [1.807, 2.05) is 24.3 Å². The van der Waals surface area contributed by atoms with Gasteiger partial charge in [0, 0.05) is 66.8 Å². The average Bonchev–Trinajstić information content (AvgIpc) is 1.52. The molecule has 496 valence electrons. The molecule has 0 spiro atoms. The van der Waals surface area contributed by atoms with Gasteiger partial charge in [0.25, 0.3) is 0 Å². The molecule has 14 heteroatoms. The van der Waals surface area contributed by atoms with Gasteiger partial charge in [-0.2, -0.15) is 26.3 Å². The highest BCUT2D eigenvalue weighted by atomic mass is 19.4. The summed E-state index contributed by atoms with van der Waals surface area (Å²) >= 11 is 0. The van der Waals surface area contributed by atoms with Crippen LogP contribution in [0.5, 0.6) is 0 Å². The van der Waals surface area contributed by atoms with Crippen molar-refractivity contribution in [3.63, 3.8) is 0 Å². The Labute approximate surface area is 586 Å². The number of rotatable bonds is 14. The lowest BCUT2D eigenvalue weighted by molar-refractivity contribution is -0.141. The molecule has 0 amide bonds. The van der Waals surface area contributed by atoms with Gasteiger partial charge in [-0.25, -0.2) is 39.9 Å². The molecule has 0 aliphatic carbocycles. The summed E-state index contributed by atoms with van der Waals surface area (Å²) in [5.41, 5.74) is 2.93. The largest absolute Gasteiger partial charge is 0.416 e. The predicted molar refractivity (Wildman–Crippen MR) is 396 cm³/mol. The quantitative estimate of drug-likeness (QED) is 0.0969. The lowest BCUT2D eigenvalue weighted by atomic mass is 9.78. The van der Waals surface area contributed by atoms with Gasteiger partial charge in [0.2, 0.25) is 22.7 Å². The van der Waals surface area contributed by atoms with Crippen molar-refractivity contribution in [2.75, 3.05) is 0 Å². The van der Waals surface area contributed by atoms with Gasteiger partial charge in [-0.1, -0.05) is 328 Å². The molecule has 4 aliphatic rings. The Balaban J connectivity index is 0.000000166. The van der Waals surface area contributed by atoms with Gasteiger partial charge in [0.05, 0.1) is 56.8 Å². The molecule has 0 saturated carbocycles. The fraction of sp³-hybridized carbons (Fsp3) is 0.0909. The molecule has 8 nitrogen and oxygen atoms in total. The van der Waals surface area contributed by atoms with Gasteiger partial charge in [-0.3, -0.25) is 0 Å². The van der Waals surface area contributed by atoms with Crippen LogP contribution in [0.15, 0.2) is 380 Å². The number of benzene rings is 12. The van der Waals surface area contributed by atoms with Gasteiger partial charge in [-0.05, 0) is 37.1 Å². The van der Waals surface area contributed by atoms with Crippen LogP contribution < -0.4 is 0 Å². The summed E-state index contributed by atoms with van der Waals surface area (Å²) in [5.74, 6) is 0. The van der Waals surface area contributed by atoms with E-state index in [1.54, 1.807) is 121 Å². The van der Waals surface area contributed by atoms with Crippen LogP contribution in [-0.4, -0.2) is 45.7 Å². The third-order valence-corrected chi connectivity index (χ3v) is 18.7. The maximum Gasteiger partial charge on any atom is 0.416 e. The van der Waals surface area contributed by atoms with Crippen molar-refractivity contribution >= 4 is 45.7 Å². The van der Waals surface area contributed by atoms with E-state index in [9.17, 15) is 0 Å². The lowest BCUT2D eigenvalue weighted by Gasteiger charge is -2.40. The summed E-state index contributed by atoms with van der Waals surface area (Å²) in [4.78, 5) is 43.8. The van der Waals surface area contributed by atoms with Crippen LogP contribution in [-0.2, 0) is 35.0 Å². The maximum atomic E-state index is 15.3. The van der Waals surface area contributed by atoms with Crippen LogP contribution >= 0.6 is 0 Å². The fourth-order valence-electron chi connectivity index (χ4n) is 14.0. The van der Waals surface area contributed by atoms with E-state index in [0.29, 0.717) is 22.3 Å². The number of nitrogens with zero attached hydrogens (tertiary/aromatic N) is 8. The lowest BCUT2D eigenvalue weighted by Crippen LogP contribution is -2.45. The van der Waals surface area contributed by atoms with Crippen LogP contribution in [0.2, 0.25) is 0 Å². The standard InChI is InChI=1S/C44H28F6N4.C44H34N4/c45-43(46,47)35-27-15-13-25-33(35)41(51-37(29-17-5-1-6-18-29)38(52-41)30-19-7-2-8-20-30)42(34-26-14-16-28-36(34)44(48,49)50)53-39(31-21-9-3-10-22-31)40(54-42)32-23-11-4-12-24-32;1-31-19-15-17-29-37(31)43(45-39(33-21-7-3-8-22-33)40(46-43)34-23-9-4-10-24-34)44(38-30-18-16-20-32(38)2)47-41(35-25-11-5-12-26-35)42(48-44)36-27-13-6-14-28-36/h1-28H;3-30H,1-2H3. The first kappa shape index (κ1) is 65.5. The molecule has 12 aromatic carbocycles. The van der Waals surface area contributed by atoms with E-state index in [4.69, 9.17) is 39.9 Å². The number of hydrogen-bond acceptors (Lipinski definition) is 8. The summed E-state index contributed by atoms with van der Waals surface area (Å²) in [6, 6.07) is 103. The Kier molecular flexibility index (Phi) is 17.1. The molecule has 0 aromatic heterocycles. The van der Waals surface area contributed by atoms with Gasteiger partial charge < -0.3 is 0 Å². The van der Waals surface area contributed by atoms with Crippen molar-refractivity contribution in [3.8, 4) is 0 Å². The monoisotopic (exact) mass is 1340 g/mol. The first-order valence-electron chi connectivity index (χ1n) is 33.3. The SMILES string of the molecule is Cc1ccccc1C1(C2(c3ccccc3C)N=C(c3ccccc3)C(c3ccccc3)=N2)N=C(c2ccccc2)C(c2ccccc2)=N1.FC(F)(F)c1ccccc1C1(C2(c3ccccc3C(F)(F)F)N=C(c3ccccc3)C(c3ccccc3)=N2)N=C(c2ccccc2)C(c2ccccc2)=N1. The second-order valence-corrected chi connectivity index (χ2v) is 25.0. The van der Waals surface area contributed by atoms with Crippen molar-refractivity contribution in [2.24, 2.45) is 39.9 Å². The normalized spacial score (nSPS) is 16.2. The first-order chi connectivity index (χ1) is 49.6. The fourth-order valence-corrected chi connectivity index (χ4v) is 14.0. The molecule has 4 aliphatic heterocycles. The second-order valence-electron chi connectivity index (χ2n) is 25.0. The zero-order valence-corrected chi connectivity index (χ0v) is 55.2. The molecule has 4 heterocycles. The van der Waals surface area contributed by atoms with E-state index in [-0.39, 0.29) is 22.8 Å². The summed E-state index contributed by atoms with van der Waals surface area (Å²) in [6.07, 6.45) is -9.95. The molecule has 0 atom stereocenters. The Bertz CT molecular complexity index is 4800. The minimum absolute atomic E-state index is 0.169. The first-order valence-corrected chi connectivity index (χ1v) is 33.3. The van der Waals surface area contributed by atoms with Gasteiger partial charge in [0.15, 0.2) is 0 Å². The Hall–Kier alpha value is -12.4. The Morgan fingerprint density at radius 3 is 0.510 bits per heavy atom. The number of aryl methyl sites for hydroxylation is 2. The summed E-state index contributed by atoms with van der Waals surface area (Å²) in [7, 11) is 0. The van der Waals surface area contributed by atoms with Crippen molar-refractivity contribution in [2.45, 2.75) is 48.9 Å². The molecular weight excluding hydrogens is 1280 g/mol. The average molecular weight is 1350 g/mol. The number of hydrogen-bond donors (Lipinski definition) is 0. The van der Waals surface area contributed by atoms with Crippen molar-refractivity contribution in [1.29, 1.82) is 0 Å². The Morgan fingerprint density at radius 1 is 0.186 bits per heavy atom. The van der Waals surface area contributed by atoms with Crippen molar-refractivity contribution in [1.82, 2.24) is 0 Å². The molecule has 12 aromatic rings. The molecule has 0 bridgehead atoms.